The van der Waals surface area contributed by atoms with Crippen LogP contribution in [0.3, 0.4) is 0 Å². The normalized spacial score (nSPS) is 25.4. The highest BCUT2D eigenvalue weighted by atomic mass is 127. The number of primary amides is 1. The van der Waals surface area contributed by atoms with Crippen molar-refractivity contribution in [1.82, 2.24) is 10.2 Å². The fourth-order valence-electron chi connectivity index (χ4n) is 3.74. The van der Waals surface area contributed by atoms with Gasteiger partial charge in [0.2, 0.25) is 5.91 Å². The molecule has 1 aromatic carbocycles. The number of hydrogen-bond donors (Lipinski definition) is 2. The maximum absolute atomic E-state index is 14.0. The van der Waals surface area contributed by atoms with E-state index in [1.54, 1.807) is 6.07 Å². The predicted octanol–water partition coefficient (Wildman–Crippen LogP) is 2.85. The van der Waals surface area contributed by atoms with Gasteiger partial charge >= 0.3 is 0 Å². The zero-order valence-electron chi connectivity index (χ0n) is 15.2. The summed E-state index contributed by atoms with van der Waals surface area (Å²) in [4.78, 5) is 18.0. The first kappa shape index (κ1) is 20.9. The average Bonchev–Trinajstić information content (AvgIpc) is 3.33. The van der Waals surface area contributed by atoms with Crippen LogP contribution in [0.1, 0.15) is 44.1 Å². The zero-order valence-corrected chi connectivity index (χ0v) is 17.5. The van der Waals surface area contributed by atoms with Gasteiger partial charge < -0.3 is 16.0 Å². The van der Waals surface area contributed by atoms with Gasteiger partial charge in [-0.05, 0) is 43.7 Å². The third-order valence-electron chi connectivity index (χ3n) is 5.03. The van der Waals surface area contributed by atoms with Crippen LogP contribution in [-0.4, -0.2) is 42.4 Å². The second-order valence-electron chi connectivity index (χ2n) is 7.04. The molecule has 2 aliphatic rings. The second kappa shape index (κ2) is 9.53. The number of piperidine rings is 1. The van der Waals surface area contributed by atoms with Crippen molar-refractivity contribution in [3.8, 4) is 0 Å². The van der Waals surface area contributed by atoms with Crippen LogP contribution >= 0.6 is 24.0 Å². The number of carbonyl (C=O) groups excluding carboxylic acids is 1. The minimum Gasteiger partial charge on any atom is -0.370 e. The smallest absolute Gasteiger partial charge is 0.217 e. The van der Waals surface area contributed by atoms with Gasteiger partial charge in [0, 0.05) is 38.0 Å². The first-order valence-corrected chi connectivity index (χ1v) is 9.17. The van der Waals surface area contributed by atoms with E-state index in [2.05, 4.69) is 15.2 Å². The van der Waals surface area contributed by atoms with Crippen LogP contribution in [0.4, 0.5) is 4.39 Å². The molecular weight excluding hydrogens is 446 g/mol. The first-order chi connectivity index (χ1) is 12.1. The highest BCUT2D eigenvalue weighted by Crippen LogP contribution is 2.42. The Bertz CT molecular complexity index is 654. The van der Waals surface area contributed by atoms with Crippen LogP contribution < -0.4 is 11.1 Å². The SMILES string of the molecule is CCN=C(NC1CC1c1ccccc1F)N1CCCC(CC(N)=O)C1.I. The number of amides is 1. The summed E-state index contributed by atoms with van der Waals surface area (Å²) in [6.07, 6.45) is 3.41. The van der Waals surface area contributed by atoms with E-state index in [4.69, 9.17) is 5.73 Å². The molecule has 1 aromatic rings. The molecule has 1 saturated heterocycles. The van der Waals surface area contributed by atoms with Gasteiger partial charge in [0.1, 0.15) is 5.82 Å². The van der Waals surface area contributed by atoms with Crippen molar-refractivity contribution in [2.24, 2.45) is 16.6 Å². The summed E-state index contributed by atoms with van der Waals surface area (Å²) >= 11 is 0. The fourth-order valence-corrected chi connectivity index (χ4v) is 3.74. The van der Waals surface area contributed by atoms with Crippen molar-refractivity contribution >= 4 is 35.8 Å². The van der Waals surface area contributed by atoms with E-state index in [1.165, 1.54) is 6.07 Å². The van der Waals surface area contributed by atoms with Crippen molar-refractivity contribution in [2.75, 3.05) is 19.6 Å². The third-order valence-corrected chi connectivity index (χ3v) is 5.03. The zero-order chi connectivity index (χ0) is 17.8. The Hall–Kier alpha value is -1.38. The van der Waals surface area contributed by atoms with Gasteiger partial charge in [0.25, 0.3) is 0 Å². The van der Waals surface area contributed by atoms with E-state index in [9.17, 15) is 9.18 Å². The van der Waals surface area contributed by atoms with E-state index >= 15 is 0 Å². The largest absolute Gasteiger partial charge is 0.370 e. The molecule has 0 spiro atoms. The number of guanidine groups is 1. The molecule has 0 radical (unpaired) electrons. The molecule has 0 bridgehead atoms. The van der Waals surface area contributed by atoms with Crippen LogP contribution in [0, 0.1) is 11.7 Å². The molecular formula is C19H28FIN4O. The molecule has 26 heavy (non-hydrogen) atoms. The Balaban J connectivity index is 0.00000243. The lowest BCUT2D eigenvalue weighted by Crippen LogP contribution is -2.48. The predicted molar refractivity (Wildman–Crippen MR) is 112 cm³/mol. The molecule has 1 amide bonds. The van der Waals surface area contributed by atoms with Gasteiger partial charge in [0.05, 0.1) is 0 Å². The molecule has 0 aromatic heterocycles. The summed E-state index contributed by atoms with van der Waals surface area (Å²) < 4.78 is 14.0. The molecule has 144 valence electrons. The van der Waals surface area contributed by atoms with Gasteiger partial charge in [-0.2, -0.15) is 0 Å². The number of aliphatic imine (C=N–C) groups is 1. The van der Waals surface area contributed by atoms with E-state index in [-0.39, 0.29) is 53.6 Å². The highest BCUT2D eigenvalue weighted by Gasteiger charge is 2.41. The van der Waals surface area contributed by atoms with Crippen molar-refractivity contribution in [3.05, 3.63) is 35.6 Å². The summed E-state index contributed by atoms with van der Waals surface area (Å²) in [6.45, 7) is 4.42. The number of carbonyl (C=O) groups is 1. The Morgan fingerprint density at radius 1 is 1.42 bits per heavy atom. The number of benzene rings is 1. The monoisotopic (exact) mass is 474 g/mol. The van der Waals surface area contributed by atoms with Gasteiger partial charge in [-0.3, -0.25) is 9.79 Å². The number of nitrogens with two attached hydrogens (primary N) is 1. The van der Waals surface area contributed by atoms with E-state index in [0.29, 0.717) is 13.0 Å². The van der Waals surface area contributed by atoms with Crippen LogP contribution in [0.25, 0.3) is 0 Å². The quantitative estimate of drug-likeness (QED) is 0.392. The highest BCUT2D eigenvalue weighted by molar-refractivity contribution is 14.0. The molecule has 3 N–H and O–H groups in total. The maximum Gasteiger partial charge on any atom is 0.217 e. The molecule has 1 heterocycles. The molecule has 3 atom stereocenters. The number of nitrogens with one attached hydrogen (secondary N) is 1. The number of hydrogen-bond acceptors (Lipinski definition) is 2. The minimum atomic E-state index is -0.240. The Labute approximate surface area is 171 Å². The fraction of sp³-hybridized carbons (Fsp3) is 0.579. The number of nitrogens with zero attached hydrogens (tertiary/aromatic N) is 2. The van der Waals surface area contributed by atoms with E-state index in [0.717, 1.165) is 43.9 Å². The average molecular weight is 474 g/mol. The van der Waals surface area contributed by atoms with Crippen molar-refractivity contribution in [1.29, 1.82) is 0 Å². The molecule has 1 aliphatic heterocycles. The first-order valence-electron chi connectivity index (χ1n) is 9.17. The van der Waals surface area contributed by atoms with Crippen molar-refractivity contribution in [2.45, 2.75) is 44.6 Å². The summed E-state index contributed by atoms with van der Waals surface area (Å²) in [5.74, 6) is 0.993. The van der Waals surface area contributed by atoms with Gasteiger partial charge in [-0.25, -0.2) is 4.39 Å². The molecule has 7 heteroatoms. The summed E-state index contributed by atoms with van der Waals surface area (Å²) in [6, 6.07) is 7.21. The lowest BCUT2D eigenvalue weighted by atomic mass is 9.95. The second-order valence-corrected chi connectivity index (χ2v) is 7.04. The Morgan fingerprint density at radius 2 is 2.19 bits per heavy atom. The number of rotatable bonds is 5. The van der Waals surface area contributed by atoms with Crippen LogP contribution in [0.5, 0.6) is 0 Å². The Morgan fingerprint density at radius 3 is 2.88 bits per heavy atom. The number of halogens is 2. The molecule has 2 fully saturated rings. The summed E-state index contributed by atoms with van der Waals surface area (Å²) in [5, 5.41) is 3.50. The summed E-state index contributed by atoms with van der Waals surface area (Å²) in [5.41, 5.74) is 6.13. The van der Waals surface area contributed by atoms with Crippen molar-refractivity contribution in [3.63, 3.8) is 0 Å². The third kappa shape index (κ3) is 5.31. The van der Waals surface area contributed by atoms with Crippen molar-refractivity contribution < 1.29 is 9.18 Å². The topological polar surface area (TPSA) is 70.7 Å². The molecule has 3 rings (SSSR count). The maximum atomic E-state index is 14.0. The van der Waals surface area contributed by atoms with E-state index < -0.39 is 0 Å². The van der Waals surface area contributed by atoms with Crippen LogP contribution in [0.2, 0.25) is 0 Å². The van der Waals surface area contributed by atoms with Gasteiger partial charge in [0.15, 0.2) is 5.96 Å². The van der Waals surface area contributed by atoms with Gasteiger partial charge in [-0.15, -0.1) is 24.0 Å². The summed E-state index contributed by atoms with van der Waals surface area (Å²) in [7, 11) is 0. The van der Waals surface area contributed by atoms with Crippen LogP contribution in [0.15, 0.2) is 29.3 Å². The molecule has 1 aliphatic carbocycles. The number of likely N-dealkylation sites (tertiary alicyclic amines) is 1. The molecule has 3 unspecified atom stereocenters. The van der Waals surface area contributed by atoms with Gasteiger partial charge in [-0.1, -0.05) is 18.2 Å². The molecule has 5 nitrogen and oxygen atoms in total. The molecule has 1 saturated carbocycles. The minimum absolute atomic E-state index is 0. The van der Waals surface area contributed by atoms with Crippen LogP contribution in [-0.2, 0) is 4.79 Å². The Kier molecular flexibility index (Phi) is 7.67. The van der Waals surface area contributed by atoms with E-state index in [1.807, 2.05) is 19.1 Å². The lowest BCUT2D eigenvalue weighted by Gasteiger charge is -2.35. The lowest BCUT2D eigenvalue weighted by molar-refractivity contribution is -0.119. The standard InChI is InChI=1S/C19H27FN4O.HI/c1-2-22-19(24-9-5-6-13(12-24)10-18(21)25)23-17-11-15(17)14-7-3-4-8-16(14)20;/h3-4,7-8,13,15,17H,2,5-6,9-12H2,1H3,(H2,21,25)(H,22,23);1H.